The number of hydrogen-bond acceptors (Lipinski definition) is 2. The molecule has 2 unspecified atom stereocenters. The fraction of sp³-hybridized carbons (Fsp3) is 1.00. The molecule has 0 aromatic carbocycles. The van der Waals surface area contributed by atoms with Gasteiger partial charge in [0, 0.05) is 24.7 Å². The molecule has 0 saturated carbocycles. The first-order valence-electron chi connectivity index (χ1n) is 8.21. The molecule has 0 bridgehead atoms. The van der Waals surface area contributed by atoms with Gasteiger partial charge in [0.1, 0.15) is 0 Å². The molecule has 0 aromatic rings. The summed E-state index contributed by atoms with van der Waals surface area (Å²) in [5.74, 6) is 0. The largest absolute Gasteiger partial charge is 0.312 e. The lowest BCUT2D eigenvalue weighted by atomic mass is 10.1. The lowest BCUT2D eigenvalue weighted by Crippen LogP contribution is -2.47. The molecular formula is C16H34N2. The fourth-order valence-corrected chi connectivity index (χ4v) is 3.25. The third-order valence-electron chi connectivity index (χ3n) is 4.65. The summed E-state index contributed by atoms with van der Waals surface area (Å²) in [5, 5.41) is 3.74. The standard InChI is InChI=1S/C16H34N2/c1-5-15(6-2)17-13-14(4)18-12-10-8-9-11-16(18)7-3/h14-17H,5-13H2,1-4H3. The van der Waals surface area contributed by atoms with Crippen LogP contribution < -0.4 is 5.32 Å². The molecule has 0 aromatic heterocycles. The first-order chi connectivity index (χ1) is 8.72. The van der Waals surface area contributed by atoms with Crippen molar-refractivity contribution >= 4 is 0 Å². The molecular weight excluding hydrogens is 220 g/mol. The van der Waals surface area contributed by atoms with Gasteiger partial charge in [0.25, 0.3) is 0 Å². The van der Waals surface area contributed by atoms with E-state index in [1.54, 1.807) is 0 Å². The topological polar surface area (TPSA) is 15.3 Å². The van der Waals surface area contributed by atoms with Crippen LogP contribution in [0.15, 0.2) is 0 Å². The number of likely N-dealkylation sites (tertiary alicyclic amines) is 1. The Bertz CT molecular complexity index is 201. The Labute approximate surface area is 115 Å². The van der Waals surface area contributed by atoms with Crippen molar-refractivity contribution in [1.82, 2.24) is 10.2 Å². The number of rotatable bonds is 7. The molecule has 0 spiro atoms. The van der Waals surface area contributed by atoms with E-state index in [4.69, 9.17) is 0 Å². The van der Waals surface area contributed by atoms with Crippen LogP contribution in [0.25, 0.3) is 0 Å². The molecule has 0 radical (unpaired) electrons. The molecule has 2 heteroatoms. The van der Waals surface area contributed by atoms with E-state index in [0.29, 0.717) is 12.1 Å². The van der Waals surface area contributed by atoms with Crippen molar-refractivity contribution in [3.8, 4) is 0 Å². The van der Waals surface area contributed by atoms with Crippen molar-refractivity contribution in [3.05, 3.63) is 0 Å². The maximum absolute atomic E-state index is 3.74. The number of hydrogen-bond donors (Lipinski definition) is 1. The van der Waals surface area contributed by atoms with Gasteiger partial charge in [-0.25, -0.2) is 0 Å². The van der Waals surface area contributed by atoms with Crippen LogP contribution in [0, 0.1) is 0 Å². The zero-order chi connectivity index (χ0) is 13.4. The van der Waals surface area contributed by atoms with E-state index in [-0.39, 0.29) is 0 Å². The summed E-state index contributed by atoms with van der Waals surface area (Å²) in [6, 6.07) is 2.22. The van der Waals surface area contributed by atoms with Gasteiger partial charge in [0.05, 0.1) is 0 Å². The summed E-state index contributed by atoms with van der Waals surface area (Å²) < 4.78 is 0. The second kappa shape index (κ2) is 8.92. The van der Waals surface area contributed by atoms with E-state index >= 15 is 0 Å². The van der Waals surface area contributed by atoms with Gasteiger partial charge < -0.3 is 5.32 Å². The zero-order valence-corrected chi connectivity index (χ0v) is 13.0. The molecule has 1 saturated heterocycles. The molecule has 1 heterocycles. The van der Waals surface area contributed by atoms with E-state index in [0.717, 1.165) is 12.6 Å². The highest BCUT2D eigenvalue weighted by Crippen LogP contribution is 2.21. The van der Waals surface area contributed by atoms with Crippen molar-refractivity contribution < 1.29 is 0 Å². The van der Waals surface area contributed by atoms with Crippen LogP contribution in [0.3, 0.4) is 0 Å². The lowest BCUT2D eigenvalue weighted by Gasteiger charge is -2.35. The molecule has 18 heavy (non-hydrogen) atoms. The summed E-state index contributed by atoms with van der Waals surface area (Å²) in [7, 11) is 0. The Kier molecular flexibility index (Phi) is 7.92. The van der Waals surface area contributed by atoms with E-state index in [9.17, 15) is 0 Å². The van der Waals surface area contributed by atoms with Crippen LogP contribution in [0.2, 0.25) is 0 Å². The van der Waals surface area contributed by atoms with Crippen molar-refractivity contribution in [1.29, 1.82) is 0 Å². The lowest BCUT2D eigenvalue weighted by molar-refractivity contribution is 0.137. The maximum Gasteiger partial charge on any atom is 0.0195 e. The van der Waals surface area contributed by atoms with Gasteiger partial charge >= 0.3 is 0 Å². The normalized spacial score (nSPS) is 24.2. The summed E-state index contributed by atoms with van der Waals surface area (Å²) in [6.07, 6.45) is 9.48. The van der Waals surface area contributed by atoms with Crippen LogP contribution in [-0.2, 0) is 0 Å². The van der Waals surface area contributed by atoms with Gasteiger partial charge in [-0.15, -0.1) is 0 Å². The van der Waals surface area contributed by atoms with E-state index in [1.165, 1.54) is 51.5 Å². The molecule has 0 amide bonds. The highest BCUT2D eigenvalue weighted by Gasteiger charge is 2.23. The quantitative estimate of drug-likeness (QED) is 0.743. The van der Waals surface area contributed by atoms with E-state index < -0.39 is 0 Å². The van der Waals surface area contributed by atoms with Crippen LogP contribution in [-0.4, -0.2) is 36.1 Å². The Balaban J connectivity index is 2.43. The molecule has 1 fully saturated rings. The third-order valence-corrected chi connectivity index (χ3v) is 4.65. The van der Waals surface area contributed by atoms with Crippen LogP contribution in [0.5, 0.6) is 0 Å². The van der Waals surface area contributed by atoms with Gasteiger partial charge in [0.15, 0.2) is 0 Å². The SMILES string of the molecule is CCC(CC)NCC(C)N1CCCCCC1CC. The predicted molar refractivity (Wildman–Crippen MR) is 81.1 cm³/mol. The van der Waals surface area contributed by atoms with Gasteiger partial charge in [-0.1, -0.05) is 33.6 Å². The zero-order valence-electron chi connectivity index (χ0n) is 13.0. The van der Waals surface area contributed by atoms with Gasteiger partial charge in [-0.05, 0) is 45.6 Å². The van der Waals surface area contributed by atoms with Crippen molar-refractivity contribution in [2.75, 3.05) is 13.1 Å². The number of nitrogens with one attached hydrogen (secondary N) is 1. The van der Waals surface area contributed by atoms with Crippen molar-refractivity contribution in [2.24, 2.45) is 0 Å². The maximum atomic E-state index is 3.74. The summed E-state index contributed by atoms with van der Waals surface area (Å²) in [6.45, 7) is 11.8. The van der Waals surface area contributed by atoms with Gasteiger partial charge in [-0.2, -0.15) is 0 Å². The Hall–Kier alpha value is -0.0800. The highest BCUT2D eigenvalue weighted by atomic mass is 15.2. The summed E-state index contributed by atoms with van der Waals surface area (Å²) in [5.41, 5.74) is 0. The van der Waals surface area contributed by atoms with E-state index in [1.807, 2.05) is 0 Å². The Morgan fingerprint density at radius 3 is 2.44 bits per heavy atom. The summed E-state index contributed by atoms with van der Waals surface area (Å²) >= 11 is 0. The van der Waals surface area contributed by atoms with E-state index in [2.05, 4.69) is 37.9 Å². The smallest absolute Gasteiger partial charge is 0.0195 e. The highest BCUT2D eigenvalue weighted by molar-refractivity contribution is 4.80. The van der Waals surface area contributed by atoms with Crippen molar-refractivity contribution in [3.63, 3.8) is 0 Å². The second-order valence-electron chi connectivity index (χ2n) is 5.92. The monoisotopic (exact) mass is 254 g/mol. The molecule has 2 atom stereocenters. The minimum absolute atomic E-state index is 0.689. The molecule has 108 valence electrons. The summed E-state index contributed by atoms with van der Waals surface area (Å²) in [4.78, 5) is 2.77. The average Bonchev–Trinajstić information content (AvgIpc) is 2.64. The average molecular weight is 254 g/mol. The Morgan fingerprint density at radius 2 is 1.83 bits per heavy atom. The molecule has 1 rings (SSSR count). The number of nitrogens with zero attached hydrogens (tertiary/aromatic N) is 1. The Morgan fingerprint density at radius 1 is 1.11 bits per heavy atom. The molecule has 1 aliphatic heterocycles. The minimum Gasteiger partial charge on any atom is -0.312 e. The molecule has 1 N–H and O–H groups in total. The molecule has 2 nitrogen and oxygen atoms in total. The minimum atomic E-state index is 0.689. The van der Waals surface area contributed by atoms with Crippen molar-refractivity contribution in [2.45, 2.75) is 90.8 Å². The molecule has 0 aliphatic carbocycles. The van der Waals surface area contributed by atoms with Gasteiger partial charge in [0.2, 0.25) is 0 Å². The first kappa shape index (κ1) is 16.0. The second-order valence-corrected chi connectivity index (χ2v) is 5.92. The van der Waals surface area contributed by atoms with Crippen LogP contribution >= 0.6 is 0 Å². The fourth-order valence-electron chi connectivity index (χ4n) is 3.25. The third kappa shape index (κ3) is 4.89. The first-order valence-corrected chi connectivity index (χ1v) is 8.21. The molecule has 1 aliphatic rings. The van der Waals surface area contributed by atoms with Gasteiger partial charge in [-0.3, -0.25) is 4.90 Å². The van der Waals surface area contributed by atoms with Crippen LogP contribution in [0.1, 0.15) is 72.6 Å². The predicted octanol–water partition coefficient (Wildman–Crippen LogP) is 3.81. The van der Waals surface area contributed by atoms with Crippen LogP contribution in [0.4, 0.5) is 0 Å².